The molecule has 1 aromatic heterocycles. The van der Waals surface area contributed by atoms with Crippen molar-refractivity contribution in [1.82, 2.24) is 9.78 Å². The maximum absolute atomic E-state index is 13.5. The van der Waals surface area contributed by atoms with E-state index < -0.39 is 10.2 Å². The molecule has 154 valence electrons. The van der Waals surface area contributed by atoms with Crippen LogP contribution in [0.3, 0.4) is 0 Å². The van der Waals surface area contributed by atoms with Crippen LogP contribution in [0.5, 0.6) is 5.75 Å². The van der Waals surface area contributed by atoms with Gasteiger partial charge in [-0.2, -0.15) is 5.10 Å². The fourth-order valence-corrected chi connectivity index (χ4v) is 3.77. The van der Waals surface area contributed by atoms with Crippen molar-refractivity contribution in [1.29, 1.82) is 0 Å². The van der Waals surface area contributed by atoms with Crippen molar-refractivity contribution < 1.29 is 17.9 Å². The first-order valence-corrected chi connectivity index (χ1v) is 11.5. The van der Waals surface area contributed by atoms with E-state index in [2.05, 4.69) is 5.10 Å². The van der Waals surface area contributed by atoms with Crippen LogP contribution in [0.1, 0.15) is 5.56 Å². The van der Waals surface area contributed by atoms with E-state index >= 15 is 0 Å². The Balaban J connectivity index is 1.46. The third-order valence-electron chi connectivity index (χ3n) is 4.78. The van der Waals surface area contributed by atoms with Crippen LogP contribution < -0.4 is 4.74 Å². The van der Waals surface area contributed by atoms with Crippen LogP contribution in [0, 0.1) is 5.82 Å². The summed E-state index contributed by atoms with van der Waals surface area (Å²) in [6, 6.07) is 19.9. The Hall–Kier alpha value is -3.03. The first-order valence-electron chi connectivity index (χ1n) is 9.48. The first-order chi connectivity index (χ1) is 14.4. The maximum atomic E-state index is 13.5. The highest BCUT2D eigenvalue weighted by Crippen LogP contribution is 2.24. The van der Waals surface area contributed by atoms with E-state index in [9.17, 15) is 13.2 Å². The molecule has 4 rings (SSSR count). The van der Waals surface area contributed by atoms with E-state index in [-0.39, 0.29) is 11.6 Å². The van der Waals surface area contributed by atoms with Crippen LogP contribution in [0.25, 0.3) is 22.0 Å². The number of hydrogen-bond donors (Lipinski definition) is 0. The van der Waals surface area contributed by atoms with Crippen molar-refractivity contribution in [3.63, 3.8) is 0 Å². The Labute approximate surface area is 175 Å². The second-order valence-electron chi connectivity index (χ2n) is 7.22. The molecule has 3 aromatic carbocycles. The second kappa shape index (κ2) is 8.38. The Bertz CT molecular complexity index is 1230. The van der Waals surface area contributed by atoms with Gasteiger partial charge >= 0.3 is 0 Å². The summed E-state index contributed by atoms with van der Waals surface area (Å²) in [5.41, 5.74) is 3.58. The summed E-state index contributed by atoms with van der Waals surface area (Å²) in [6.07, 6.45) is 2.92. The summed E-state index contributed by atoms with van der Waals surface area (Å²) < 4.78 is 43.9. The Morgan fingerprint density at radius 3 is 2.60 bits per heavy atom. The lowest BCUT2D eigenvalue weighted by molar-refractivity contribution is 0.306. The molecule has 1 unspecified atom stereocenters. The monoisotopic (exact) mass is 424 g/mol. The highest BCUT2D eigenvalue weighted by Gasteiger charge is 2.10. The summed E-state index contributed by atoms with van der Waals surface area (Å²) in [5, 5.41) is 5.16. The number of benzene rings is 3. The number of nitrogens with zero attached hydrogens (tertiary/aromatic N) is 2. The molecule has 1 atom stereocenters. The molecule has 0 aliphatic rings. The molecule has 7 heteroatoms. The molecule has 0 aliphatic heterocycles. The van der Waals surface area contributed by atoms with Crippen molar-refractivity contribution in [3.05, 3.63) is 84.3 Å². The largest absolute Gasteiger partial charge is 0.615 e. The van der Waals surface area contributed by atoms with Crippen molar-refractivity contribution in [2.24, 2.45) is 0 Å². The van der Waals surface area contributed by atoms with E-state index in [1.807, 2.05) is 48.5 Å². The summed E-state index contributed by atoms with van der Waals surface area (Å²) in [7, 11) is -3.05. The summed E-state index contributed by atoms with van der Waals surface area (Å²) in [6.45, 7) is 0.687. The van der Waals surface area contributed by atoms with Crippen LogP contribution in [0.4, 0.5) is 4.39 Å². The quantitative estimate of drug-likeness (QED) is 0.404. The number of aromatic nitrogens is 2. The molecule has 0 bridgehead atoms. The van der Waals surface area contributed by atoms with E-state index in [4.69, 9.17) is 4.74 Å². The van der Waals surface area contributed by atoms with Gasteiger partial charge in [-0.05, 0) is 53.1 Å². The predicted octanol–water partition coefficient (Wildman–Crippen LogP) is 4.68. The van der Waals surface area contributed by atoms with Crippen molar-refractivity contribution in [3.8, 4) is 16.9 Å². The van der Waals surface area contributed by atoms with E-state index in [1.54, 1.807) is 16.9 Å². The van der Waals surface area contributed by atoms with E-state index in [1.165, 1.54) is 18.4 Å². The second-order valence-corrected chi connectivity index (χ2v) is 9.48. The molecule has 0 spiro atoms. The molecule has 30 heavy (non-hydrogen) atoms. The minimum atomic E-state index is -3.05. The van der Waals surface area contributed by atoms with Crippen LogP contribution in [-0.2, 0) is 27.6 Å². The van der Waals surface area contributed by atoms with Crippen molar-refractivity contribution >= 4 is 21.1 Å². The average Bonchev–Trinajstić information content (AvgIpc) is 3.13. The average molecular weight is 424 g/mol. The molecule has 0 saturated carbocycles. The van der Waals surface area contributed by atoms with Gasteiger partial charge in [-0.3, -0.25) is 4.68 Å². The zero-order valence-electron chi connectivity index (χ0n) is 16.5. The van der Waals surface area contributed by atoms with Crippen molar-refractivity contribution in [2.45, 2.75) is 13.2 Å². The topological polar surface area (TPSA) is 67.2 Å². The zero-order chi connectivity index (χ0) is 21.1. The minimum Gasteiger partial charge on any atom is -0.615 e. The fourth-order valence-electron chi connectivity index (χ4n) is 3.26. The number of fused-ring (bicyclic) bond motifs is 1. The SMILES string of the molecule is C[S+](=O)([O-])CCn1ncc2cc(OCc3cccc(-c4cccc(F)c4)c3)ccc21. The molecule has 0 fully saturated rings. The molecule has 1 heterocycles. The van der Waals surface area contributed by atoms with E-state index in [0.717, 1.165) is 27.6 Å². The molecule has 5 nitrogen and oxygen atoms in total. The minimum absolute atomic E-state index is 0.0453. The van der Waals surface area contributed by atoms with Gasteiger partial charge in [0.2, 0.25) is 0 Å². The summed E-state index contributed by atoms with van der Waals surface area (Å²) in [4.78, 5) is 0. The standard InChI is InChI=1S/C23H21FN2O3S/c1-30(27,28)11-10-26-23-9-8-22(14-20(23)15-25-26)29-16-17-4-2-5-18(12-17)19-6-3-7-21(24)13-19/h2-9,12-15H,10-11,16H2,1H3. The smallest absolute Gasteiger partial charge is 0.128 e. The molecular weight excluding hydrogens is 403 g/mol. The van der Waals surface area contributed by atoms with Gasteiger partial charge in [-0.1, -0.05) is 30.3 Å². The Morgan fingerprint density at radius 1 is 1.07 bits per heavy atom. The molecule has 4 aromatic rings. The van der Waals surface area contributed by atoms with Crippen molar-refractivity contribution in [2.75, 3.05) is 12.0 Å². The summed E-state index contributed by atoms with van der Waals surface area (Å²) in [5.74, 6) is 0.477. The lowest BCUT2D eigenvalue weighted by Gasteiger charge is -2.10. The first kappa shape index (κ1) is 20.3. The zero-order valence-corrected chi connectivity index (χ0v) is 17.3. The molecule has 0 saturated heterocycles. The van der Waals surface area contributed by atoms with Gasteiger partial charge in [0, 0.05) is 15.6 Å². The van der Waals surface area contributed by atoms with Gasteiger partial charge in [0.05, 0.1) is 24.5 Å². The van der Waals surface area contributed by atoms with Gasteiger partial charge in [-0.25, -0.2) is 4.39 Å². The van der Waals surface area contributed by atoms with Gasteiger partial charge in [0.25, 0.3) is 0 Å². The highest BCUT2D eigenvalue weighted by atomic mass is 32.3. The van der Waals surface area contributed by atoms with Crippen LogP contribution in [-0.4, -0.2) is 26.3 Å². The number of aryl methyl sites for hydroxylation is 1. The molecular formula is C23H21FN2O3S. The predicted molar refractivity (Wildman–Crippen MR) is 116 cm³/mol. The fraction of sp³-hybridized carbons (Fsp3) is 0.174. The highest BCUT2D eigenvalue weighted by molar-refractivity contribution is 7.96. The number of hydrogen-bond acceptors (Lipinski definition) is 4. The van der Waals surface area contributed by atoms with E-state index in [0.29, 0.717) is 18.9 Å². The molecule has 0 radical (unpaired) electrons. The third kappa shape index (κ3) is 4.93. The van der Waals surface area contributed by atoms with Gasteiger partial charge < -0.3 is 9.29 Å². The number of rotatable bonds is 7. The number of halogens is 1. The third-order valence-corrected chi connectivity index (χ3v) is 5.70. The van der Waals surface area contributed by atoms with Crippen LogP contribution in [0.15, 0.2) is 72.9 Å². The molecule has 0 amide bonds. The maximum Gasteiger partial charge on any atom is 0.128 e. The van der Waals surface area contributed by atoms with Gasteiger partial charge in [0.15, 0.2) is 0 Å². The normalized spacial score (nSPS) is 13.3. The van der Waals surface area contributed by atoms with Crippen LogP contribution in [0.2, 0.25) is 0 Å². The molecule has 0 N–H and O–H groups in total. The Morgan fingerprint density at radius 2 is 1.83 bits per heavy atom. The lowest BCUT2D eigenvalue weighted by Crippen LogP contribution is -2.17. The van der Waals surface area contributed by atoms with Crippen LogP contribution >= 0.6 is 0 Å². The Kier molecular flexibility index (Phi) is 5.65. The van der Waals surface area contributed by atoms with Gasteiger partial charge in [0.1, 0.15) is 23.9 Å². The summed E-state index contributed by atoms with van der Waals surface area (Å²) >= 11 is 0. The van der Waals surface area contributed by atoms with Gasteiger partial charge in [-0.15, -0.1) is 4.21 Å². The lowest BCUT2D eigenvalue weighted by atomic mass is 10.0. The molecule has 0 aliphatic carbocycles. The number of sulfone groups is 1. The number of ether oxygens (including phenoxy) is 1.